The lowest BCUT2D eigenvalue weighted by Gasteiger charge is -2.18. The van der Waals surface area contributed by atoms with Crippen LogP contribution in [0.1, 0.15) is 45.0 Å². The highest BCUT2D eigenvalue weighted by molar-refractivity contribution is 5.79. The number of aryl methyl sites for hydroxylation is 1. The van der Waals surface area contributed by atoms with Crippen molar-refractivity contribution in [1.82, 2.24) is 15.0 Å². The van der Waals surface area contributed by atoms with E-state index in [1.807, 2.05) is 17.7 Å². The number of hydrogen-bond acceptors (Lipinski definition) is 3. The first-order valence-electron chi connectivity index (χ1n) is 5.76. The van der Waals surface area contributed by atoms with Crippen molar-refractivity contribution in [3.63, 3.8) is 0 Å². The fourth-order valence-corrected chi connectivity index (χ4v) is 1.81. The molecule has 1 rings (SSSR count). The van der Waals surface area contributed by atoms with Gasteiger partial charge in [0.1, 0.15) is 11.9 Å². The molecule has 3 N–H and O–H groups in total. The van der Waals surface area contributed by atoms with Gasteiger partial charge in [0.25, 0.3) is 5.91 Å². The number of hydrazine groups is 1. The standard InChI is InChI=1S/C11H20N4O/c1-3-5-9(11(16)14-12)15-8-7-13-10(15)6-4-2/h7-9H,3-6,12H2,1-2H3,(H,14,16). The van der Waals surface area contributed by atoms with Gasteiger partial charge in [0.15, 0.2) is 0 Å². The van der Waals surface area contributed by atoms with Crippen molar-refractivity contribution in [1.29, 1.82) is 0 Å². The predicted molar refractivity (Wildman–Crippen MR) is 62.5 cm³/mol. The maximum Gasteiger partial charge on any atom is 0.256 e. The molecule has 1 amide bonds. The van der Waals surface area contributed by atoms with Crippen LogP contribution in [-0.2, 0) is 11.2 Å². The number of aromatic nitrogens is 2. The van der Waals surface area contributed by atoms with Crippen LogP contribution in [0, 0.1) is 0 Å². The van der Waals surface area contributed by atoms with Crippen LogP contribution < -0.4 is 11.3 Å². The van der Waals surface area contributed by atoms with Crippen LogP contribution in [0.3, 0.4) is 0 Å². The maximum atomic E-state index is 11.7. The summed E-state index contributed by atoms with van der Waals surface area (Å²) in [5.41, 5.74) is 2.22. The van der Waals surface area contributed by atoms with E-state index in [-0.39, 0.29) is 11.9 Å². The van der Waals surface area contributed by atoms with E-state index in [1.54, 1.807) is 6.20 Å². The number of nitrogens with one attached hydrogen (secondary N) is 1. The Morgan fingerprint density at radius 3 is 2.88 bits per heavy atom. The lowest BCUT2D eigenvalue weighted by molar-refractivity contribution is -0.124. The van der Waals surface area contributed by atoms with Crippen molar-refractivity contribution in [2.24, 2.45) is 5.84 Å². The quantitative estimate of drug-likeness (QED) is 0.433. The second-order valence-electron chi connectivity index (χ2n) is 3.81. The van der Waals surface area contributed by atoms with Crippen LogP contribution in [-0.4, -0.2) is 15.5 Å². The van der Waals surface area contributed by atoms with E-state index in [2.05, 4.69) is 17.3 Å². The number of carbonyl (C=O) groups excluding carboxylic acids is 1. The first kappa shape index (κ1) is 12.7. The molecule has 0 aromatic carbocycles. The van der Waals surface area contributed by atoms with Gasteiger partial charge < -0.3 is 4.57 Å². The van der Waals surface area contributed by atoms with Gasteiger partial charge in [0.05, 0.1) is 0 Å². The summed E-state index contributed by atoms with van der Waals surface area (Å²) in [7, 11) is 0. The number of rotatable bonds is 6. The Hall–Kier alpha value is -1.36. The molecule has 5 nitrogen and oxygen atoms in total. The zero-order valence-electron chi connectivity index (χ0n) is 9.94. The van der Waals surface area contributed by atoms with Crippen LogP contribution >= 0.6 is 0 Å². The Bertz CT molecular complexity index is 334. The maximum absolute atomic E-state index is 11.7. The van der Waals surface area contributed by atoms with E-state index in [0.717, 1.165) is 31.5 Å². The van der Waals surface area contributed by atoms with E-state index in [1.165, 1.54) is 0 Å². The van der Waals surface area contributed by atoms with Gasteiger partial charge in [-0.1, -0.05) is 20.3 Å². The van der Waals surface area contributed by atoms with E-state index in [9.17, 15) is 4.79 Å². The van der Waals surface area contributed by atoms with Crippen LogP contribution in [0.2, 0.25) is 0 Å². The molecule has 5 heteroatoms. The third-order valence-corrected chi connectivity index (χ3v) is 2.57. The Morgan fingerprint density at radius 1 is 1.56 bits per heavy atom. The lowest BCUT2D eigenvalue weighted by atomic mass is 10.1. The van der Waals surface area contributed by atoms with Crippen molar-refractivity contribution in [2.45, 2.75) is 45.6 Å². The van der Waals surface area contributed by atoms with Gasteiger partial charge in [-0.05, 0) is 12.8 Å². The molecule has 0 radical (unpaired) electrons. The highest BCUT2D eigenvalue weighted by Gasteiger charge is 2.20. The van der Waals surface area contributed by atoms with Crippen LogP contribution in [0.15, 0.2) is 12.4 Å². The number of carbonyl (C=O) groups is 1. The van der Waals surface area contributed by atoms with E-state index in [0.29, 0.717) is 0 Å². The molecule has 0 saturated carbocycles. The number of nitrogens with two attached hydrogens (primary N) is 1. The average molecular weight is 224 g/mol. The van der Waals surface area contributed by atoms with Gasteiger partial charge in [-0.3, -0.25) is 10.2 Å². The molecule has 90 valence electrons. The monoisotopic (exact) mass is 224 g/mol. The Morgan fingerprint density at radius 2 is 2.31 bits per heavy atom. The van der Waals surface area contributed by atoms with Gasteiger partial charge in [0, 0.05) is 18.8 Å². The van der Waals surface area contributed by atoms with Crippen molar-refractivity contribution < 1.29 is 4.79 Å². The van der Waals surface area contributed by atoms with Gasteiger partial charge in [-0.25, -0.2) is 10.8 Å². The normalized spacial score (nSPS) is 12.4. The molecular formula is C11H20N4O. The Labute approximate surface area is 96.0 Å². The highest BCUT2D eigenvalue weighted by Crippen LogP contribution is 2.17. The topological polar surface area (TPSA) is 72.9 Å². The molecule has 1 aromatic heterocycles. The van der Waals surface area contributed by atoms with E-state index in [4.69, 9.17) is 5.84 Å². The van der Waals surface area contributed by atoms with Crippen molar-refractivity contribution in [3.05, 3.63) is 18.2 Å². The van der Waals surface area contributed by atoms with Crippen LogP contribution in [0.5, 0.6) is 0 Å². The summed E-state index contributed by atoms with van der Waals surface area (Å²) in [6, 6.07) is -0.237. The molecule has 1 heterocycles. The molecule has 0 saturated heterocycles. The number of nitrogens with zero attached hydrogens (tertiary/aromatic N) is 2. The van der Waals surface area contributed by atoms with Gasteiger partial charge in [-0.15, -0.1) is 0 Å². The number of hydrogen-bond donors (Lipinski definition) is 2. The van der Waals surface area contributed by atoms with E-state index >= 15 is 0 Å². The summed E-state index contributed by atoms with van der Waals surface area (Å²) in [6.07, 6.45) is 7.18. The van der Waals surface area contributed by atoms with Gasteiger partial charge in [-0.2, -0.15) is 0 Å². The average Bonchev–Trinajstić information content (AvgIpc) is 2.73. The molecule has 1 unspecified atom stereocenters. The zero-order valence-corrected chi connectivity index (χ0v) is 9.94. The molecule has 1 atom stereocenters. The zero-order chi connectivity index (χ0) is 12.0. The Kier molecular flexibility index (Phi) is 4.98. The predicted octanol–water partition coefficient (Wildman–Crippen LogP) is 1.17. The van der Waals surface area contributed by atoms with Crippen molar-refractivity contribution in [2.75, 3.05) is 0 Å². The number of amides is 1. The third kappa shape index (κ3) is 2.82. The van der Waals surface area contributed by atoms with Crippen LogP contribution in [0.25, 0.3) is 0 Å². The second-order valence-corrected chi connectivity index (χ2v) is 3.81. The molecule has 0 aliphatic carbocycles. The summed E-state index contributed by atoms with van der Waals surface area (Å²) in [4.78, 5) is 15.9. The molecule has 0 fully saturated rings. The first-order valence-corrected chi connectivity index (χ1v) is 5.76. The largest absolute Gasteiger partial charge is 0.322 e. The summed E-state index contributed by atoms with van der Waals surface area (Å²) >= 11 is 0. The smallest absolute Gasteiger partial charge is 0.256 e. The highest BCUT2D eigenvalue weighted by atomic mass is 16.2. The minimum absolute atomic E-state index is 0.155. The molecule has 0 bridgehead atoms. The minimum atomic E-state index is -0.237. The summed E-state index contributed by atoms with van der Waals surface area (Å²) in [6.45, 7) is 4.14. The molecule has 1 aromatic rings. The molecule has 16 heavy (non-hydrogen) atoms. The minimum Gasteiger partial charge on any atom is -0.322 e. The molecule has 0 spiro atoms. The summed E-state index contributed by atoms with van der Waals surface area (Å²) in [5.74, 6) is 5.99. The molecule has 0 aliphatic heterocycles. The second kappa shape index (κ2) is 6.27. The van der Waals surface area contributed by atoms with Crippen molar-refractivity contribution >= 4 is 5.91 Å². The molecule has 0 aliphatic rings. The summed E-state index contributed by atoms with van der Waals surface area (Å²) < 4.78 is 1.93. The van der Waals surface area contributed by atoms with Gasteiger partial charge >= 0.3 is 0 Å². The van der Waals surface area contributed by atoms with Crippen LogP contribution in [0.4, 0.5) is 0 Å². The fourth-order valence-electron chi connectivity index (χ4n) is 1.81. The molecular weight excluding hydrogens is 204 g/mol. The van der Waals surface area contributed by atoms with Gasteiger partial charge in [0.2, 0.25) is 0 Å². The number of imidazole rings is 1. The third-order valence-electron chi connectivity index (χ3n) is 2.57. The first-order chi connectivity index (χ1) is 7.74. The Balaban J connectivity index is 2.91. The summed E-state index contributed by atoms with van der Waals surface area (Å²) in [5, 5.41) is 0. The van der Waals surface area contributed by atoms with Crippen molar-refractivity contribution in [3.8, 4) is 0 Å². The lowest BCUT2D eigenvalue weighted by Crippen LogP contribution is -2.37. The SMILES string of the molecule is CCCc1nccn1C(CCC)C(=O)NN. The van der Waals surface area contributed by atoms with E-state index < -0.39 is 0 Å². The fraction of sp³-hybridized carbons (Fsp3) is 0.636.